The monoisotopic (exact) mass is 1350 g/mol. The molecule has 0 saturated carbocycles. The van der Waals surface area contributed by atoms with Crippen LogP contribution in [0.1, 0.15) is 375 Å². The van der Waals surface area contributed by atoms with Crippen LogP contribution in [0.4, 0.5) is 0 Å². The van der Waals surface area contributed by atoms with E-state index in [-0.39, 0.29) is 25.7 Å². The summed E-state index contributed by atoms with van der Waals surface area (Å²) in [5, 5.41) is 10.6. The number of esters is 4. The summed E-state index contributed by atoms with van der Waals surface area (Å²) >= 11 is 0. The number of carbonyl (C=O) groups excluding carboxylic acids is 4. The molecule has 5 atom stereocenters. The van der Waals surface area contributed by atoms with Crippen molar-refractivity contribution in [1.29, 1.82) is 0 Å². The molecule has 0 heterocycles. The Morgan fingerprint density at radius 3 is 0.739 bits per heavy atom. The first-order chi connectivity index (χ1) is 44.4. The average Bonchev–Trinajstić information content (AvgIpc) is 1.55. The van der Waals surface area contributed by atoms with Gasteiger partial charge in [-0.1, -0.05) is 324 Å². The van der Waals surface area contributed by atoms with Crippen LogP contribution in [-0.2, 0) is 65.4 Å². The molecule has 0 fully saturated rings. The second-order valence-corrected chi connectivity index (χ2v) is 30.2. The Morgan fingerprint density at radius 1 is 0.293 bits per heavy atom. The van der Waals surface area contributed by atoms with Crippen LogP contribution in [-0.4, -0.2) is 96.7 Å². The minimum atomic E-state index is -4.95. The van der Waals surface area contributed by atoms with E-state index in [1.54, 1.807) is 0 Å². The predicted molar refractivity (Wildman–Crippen MR) is 372 cm³/mol. The van der Waals surface area contributed by atoms with E-state index >= 15 is 0 Å². The first-order valence-corrected chi connectivity index (χ1v) is 41.0. The lowest BCUT2D eigenvalue weighted by Gasteiger charge is -2.21. The van der Waals surface area contributed by atoms with Crippen LogP contribution in [0.5, 0.6) is 0 Å². The standard InChI is InChI=1S/C73H142O17P2/c1-7-9-11-13-15-17-18-19-20-21-22-23-26-30-33-39-45-51-57-72(77)89-68(62-84-71(76)56-50-44-38-32-29-27-24-25-28-31-35-41-47-53-65(3)4)63-87-91(79,80)85-59-67(74)60-86-92(81,82)88-64-69(61-83-70(75)55-49-43-37-16-14-12-10-8-2)90-73(78)58-52-46-40-34-36-42-48-54-66(5)6/h65-69,74H,7-64H2,1-6H3,(H,79,80)(H,81,82)/t67-,68-,69-/m1/s1. The molecular weight excluding hydrogens is 1210 g/mol. The van der Waals surface area contributed by atoms with Gasteiger partial charge in [0.1, 0.15) is 19.3 Å². The fourth-order valence-electron chi connectivity index (χ4n) is 11.1. The lowest BCUT2D eigenvalue weighted by Crippen LogP contribution is -2.30. The van der Waals surface area contributed by atoms with Gasteiger partial charge in [0.25, 0.3) is 0 Å². The molecule has 0 amide bonds. The van der Waals surface area contributed by atoms with E-state index in [1.165, 1.54) is 186 Å². The number of ether oxygens (including phenoxy) is 4. The minimum absolute atomic E-state index is 0.103. The van der Waals surface area contributed by atoms with E-state index in [1.807, 2.05) is 0 Å². The van der Waals surface area contributed by atoms with Gasteiger partial charge in [0, 0.05) is 25.7 Å². The summed E-state index contributed by atoms with van der Waals surface area (Å²) in [7, 11) is -9.90. The summed E-state index contributed by atoms with van der Waals surface area (Å²) in [6.45, 7) is 9.50. The van der Waals surface area contributed by atoms with Crippen molar-refractivity contribution < 1.29 is 80.2 Å². The van der Waals surface area contributed by atoms with Gasteiger partial charge in [-0.25, -0.2) is 9.13 Å². The predicted octanol–water partition coefficient (Wildman–Crippen LogP) is 21.2. The fourth-order valence-corrected chi connectivity index (χ4v) is 12.7. The first-order valence-electron chi connectivity index (χ1n) is 38.0. The van der Waals surface area contributed by atoms with Gasteiger partial charge in [-0.2, -0.15) is 0 Å². The Balaban J connectivity index is 5.20. The lowest BCUT2D eigenvalue weighted by atomic mass is 10.0. The van der Waals surface area contributed by atoms with Crippen LogP contribution in [0, 0.1) is 11.8 Å². The van der Waals surface area contributed by atoms with Crippen LogP contribution in [0.25, 0.3) is 0 Å². The number of phosphoric acid groups is 2. The maximum atomic E-state index is 13.1. The van der Waals surface area contributed by atoms with E-state index in [4.69, 9.17) is 37.0 Å². The summed E-state index contributed by atoms with van der Waals surface area (Å²) < 4.78 is 68.3. The zero-order valence-electron chi connectivity index (χ0n) is 59.9. The SMILES string of the molecule is CCCCCCCCCCCCCCCCCCCCC(=O)O[C@H](COC(=O)CCCCCCCCCCCCCCCC(C)C)COP(=O)(O)OC[C@@H](O)COP(=O)(O)OC[C@@H](COC(=O)CCCCCCCCCC)OC(=O)CCCCCCCCCC(C)C. The lowest BCUT2D eigenvalue weighted by molar-refractivity contribution is -0.161. The van der Waals surface area contributed by atoms with Gasteiger partial charge < -0.3 is 33.8 Å². The number of unbranched alkanes of at least 4 members (excludes halogenated alkanes) is 42. The Hall–Kier alpha value is -1.94. The average molecular weight is 1350 g/mol. The van der Waals surface area contributed by atoms with Crippen LogP contribution in [0.2, 0.25) is 0 Å². The van der Waals surface area contributed by atoms with Crippen molar-refractivity contribution in [1.82, 2.24) is 0 Å². The molecule has 0 saturated heterocycles. The minimum Gasteiger partial charge on any atom is -0.462 e. The zero-order valence-corrected chi connectivity index (χ0v) is 61.6. The molecule has 0 aliphatic rings. The largest absolute Gasteiger partial charge is 0.472 e. The van der Waals surface area contributed by atoms with E-state index in [9.17, 15) is 43.2 Å². The highest BCUT2D eigenvalue weighted by molar-refractivity contribution is 7.47. The topological polar surface area (TPSA) is 237 Å². The van der Waals surface area contributed by atoms with Crippen molar-refractivity contribution in [2.24, 2.45) is 11.8 Å². The van der Waals surface area contributed by atoms with Gasteiger partial charge in [0.05, 0.1) is 26.4 Å². The number of aliphatic hydroxyl groups excluding tert-OH is 1. The highest BCUT2D eigenvalue weighted by Gasteiger charge is 2.30. The van der Waals surface area contributed by atoms with Gasteiger partial charge in [-0.05, 0) is 37.5 Å². The van der Waals surface area contributed by atoms with Gasteiger partial charge >= 0.3 is 39.5 Å². The quantitative estimate of drug-likeness (QED) is 0.0222. The third-order valence-corrected chi connectivity index (χ3v) is 18.9. The molecule has 19 heteroatoms. The molecule has 2 unspecified atom stereocenters. The maximum absolute atomic E-state index is 13.1. The van der Waals surface area contributed by atoms with E-state index < -0.39 is 97.5 Å². The molecule has 0 spiro atoms. The Labute approximate surface area is 562 Å². The molecule has 546 valence electrons. The molecule has 0 aromatic rings. The number of carbonyl (C=O) groups is 4. The third-order valence-electron chi connectivity index (χ3n) is 17.0. The molecule has 0 rings (SSSR count). The summed E-state index contributed by atoms with van der Waals surface area (Å²) in [5.41, 5.74) is 0. The van der Waals surface area contributed by atoms with Gasteiger partial charge in [-0.3, -0.25) is 37.3 Å². The Bertz CT molecular complexity index is 1790. The zero-order chi connectivity index (χ0) is 67.9. The number of hydrogen-bond acceptors (Lipinski definition) is 15. The van der Waals surface area contributed by atoms with Crippen molar-refractivity contribution in [2.75, 3.05) is 39.6 Å². The molecule has 0 aliphatic carbocycles. The van der Waals surface area contributed by atoms with Gasteiger partial charge in [0.15, 0.2) is 12.2 Å². The number of rotatable bonds is 72. The van der Waals surface area contributed by atoms with Crippen molar-refractivity contribution in [2.45, 2.75) is 394 Å². The molecule has 0 aromatic heterocycles. The highest BCUT2D eigenvalue weighted by atomic mass is 31.2. The number of aliphatic hydroxyl groups is 1. The van der Waals surface area contributed by atoms with E-state index in [2.05, 4.69) is 41.5 Å². The van der Waals surface area contributed by atoms with Gasteiger partial charge in [-0.15, -0.1) is 0 Å². The second kappa shape index (κ2) is 65.0. The van der Waals surface area contributed by atoms with Crippen molar-refractivity contribution in [3.8, 4) is 0 Å². The maximum Gasteiger partial charge on any atom is 0.472 e. The first kappa shape index (κ1) is 90.1. The number of phosphoric ester groups is 2. The van der Waals surface area contributed by atoms with Crippen LogP contribution in [0.3, 0.4) is 0 Å². The third kappa shape index (κ3) is 66.7. The summed E-state index contributed by atoms with van der Waals surface area (Å²) in [6.07, 6.45) is 51.5. The van der Waals surface area contributed by atoms with Gasteiger partial charge in [0.2, 0.25) is 0 Å². The fraction of sp³-hybridized carbons (Fsp3) is 0.945. The number of hydrogen-bond donors (Lipinski definition) is 3. The van der Waals surface area contributed by atoms with Crippen molar-refractivity contribution in [3.05, 3.63) is 0 Å². The highest BCUT2D eigenvalue weighted by Crippen LogP contribution is 2.45. The molecule has 92 heavy (non-hydrogen) atoms. The Morgan fingerprint density at radius 2 is 0.500 bits per heavy atom. The molecule has 3 N–H and O–H groups in total. The van der Waals surface area contributed by atoms with Crippen LogP contribution in [0.15, 0.2) is 0 Å². The summed E-state index contributed by atoms with van der Waals surface area (Å²) in [6, 6.07) is 0. The summed E-state index contributed by atoms with van der Waals surface area (Å²) in [5.74, 6) is -0.637. The molecule has 0 bridgehead atoms. The molecule has 0 aliphatic heterocycles. The van der Waals surface area contributed by atoms with Crippen molar-refractivity contribution in [3.63, 3.8) is 0 Å². The Kier molecular flexibility index (Phi) is 63.7. The normalized spacial score (nSPS) is 14.1. The van der Waals surface area contributed by atoms with Crippen LogP contribution < -0.4 is 0 Å². The molecule has 17 nitrogen and oxygen atoms in total. The van der Waals surface area contributed by atoms with E-state index in [0.717, 1.165) is 102 Å². The molecule has 0 aromatic carbocycles. The molecular formula is C73H142O17P2. The van der Waals surface area contributed by atoms with E-state index in [0.29, 0.717) is 31.6 Å². The summed E-state index contributed by atoms with van der Waals surface area (Å²) in [4.78, 5) is 72.5. The molecule has 0 radical (unpaired) electrons. The smallest absolute Gasteiger partial charge is 0.462 e. The van der Waals surface area contributed by atoms with Crippen LogP contribution >= 0.6 is 15.6 Å². The van der Waals surface area contributed by atoms with Crippen molar-refractivity contribution >= 4 is 39.5 Å². The second-order valence-electron chi connectivity index (χ2n) is 27.3.